The molecule has 0 amide bonds. The first-order valence-electron chi connectivity index (χ1n) is 11.7. The standard InChI is InChI=1S/C26H21F6N5O4/c1-24(2,13-39-20-9-3-16(11-34-20)25(27,28)29)22(38)23(37-15-33-14-36-37)41-19-7-5-18(6-8-19)40-21-10-4-17(12-35-21)26(30,31)32/h3-12,14-15,23H,13H2,1-2H3. The number of nitrogens with zero attached hydrogens (tertiary/aromatic N) is 5. The maximum atomic E-state index is 13.5. The fourth-order valence-corrected chi connectivity index (χ4v) is 3.30. The first kappa shape index (κ1) is 29.3. The third kappa shape index (κ3) is 7.49. The summed E-state index contributed by atoms with van der Waals surface area (Å²) in [6.45, 7) is 2.87. The van der Waals surface area contributed by atoms with Crippen LogP contribution < -0.4 is 14.2 Å². The highest BCUT2D eigenvalue weighted by atomic mass is 19.4. The number of ketones is 1. The molecule has 0 saturated carbocycles. The SMILES string of the molecule is CC(C)(COc1ccc(C(F)(F)F)cn1)C(=O)C(Oc1ccc(Oc2ccc(C(F)(F)F)cn2)cc1)n1cncn1. The molecule has 9 nitrogen and oxygen atoms in total. The zero-order valence-corrected chi connectivity index (χ0v) is 21.3. The molecule has 1 unspecified atom stereocenters. The molecular formula is C26H21F6N5O4. The second-order valence-corrected chi connectivity index (χ2v) is 9.22. The van der Waals surface area contributed by atoms with E-state index < -0.39 is 40.9 Å². The van der Waals surface area contributed by atoms with E-state index in [1.54, 1.807) is 13.8 Å². The summed E-state index contributed by atoms with van der Waals surface area (Å²) in [6, 6.07) is 9.64. The molecule has 0 N–H and O–H groups in total. The molecule has 216 valence electrons. The summed E-state index contributed by atoms with van der Waals surface area (Å²) in [4.78, 5) is 24.6. The van der Waals surface area contributed by atoms with Crippen molar-refractivity contribution in [3.8, 4) is 23.3 Å². The summed E-state index contributed by atoms with van der Waals surface area (Å²) in [5.74, 6) is -0.204. The molecule has 0 spiro atoms. The normalized spacial score (nSPS) is 13.0. The number of benzene rings is 1. The Hall–Kier alpha value is -4.69. The molecule has 1 atom stereocenters. The first-order chi connectivity index (χ1) is 19.2. The Labute approximate surface area is 228 Å². The molecule has 0 aliphatic carbocycles. The second-order valence-electron chi connectivity index (χ2n) is 9.22. The highest BCUT2D eigenvalue weighted by Crippen LogP contribution is 2.32. The van der Waals surface area contributed by atoms with Gasteiger partial charge in [-0.3, -0.25) is 4.79 Å². The molecule has 15 heteroatoms. The predicted molar refractivity (Wildman–Crippen MR) is 129 cm³/mol. The average Bonchev–Trinajstić information content (AvgIpc) is 3.45. The van der Waals surface area contributed by atoms with Gasteiger partial charge >= 0.3 is 12.4 Å². The minimum Gasteiger partial charge on any atom is -0.477 e. The van der Waals surface area contributed by atoms with E-state index in [0.717, 1.165) is 24.3 Å². The third-order valence-electron chi connectivity index (χ3n) is 5.57. The van der Waals surface area contributed by atoms with E-state index in [-0.39, 0.29) is 29.9 Å². The number of hydrogen-bond donors (Lipinski definition) is 0. The molecular weight excluding hydrogens is 560 g/mol. The number of pyridine rings is 2. The first-order valence-corrected chi connectivity index (χ1v) is 11.7. The van der Waals surface area contributed by atoms with E-state index in [9.17, 15) is 31.1 Å². The molecule has 0 fully saturated rings. The van der Waals surface area contributed by atoms with Crippen molar-refractivity contribution >= 4 is 5.78 Å². The van der Waals surface area contributed by atoms with Crippen LogP contribution in [0.3, 0.4) is 0 Å². The van der Waals surface area contributed by atoms with Crippen molar-refractivity contribution in [1.82, 2.24) is 24.7 Å². The van der Waals surface area contributed by atoms with Crippen molar-refractivity contribution in [2.24, 2.45) is 5.41 Å². The summed E-state index contributed by atoms with van der Waals surface area (Å²) in [5.41, 5.74) is -3.08. The Morgan fingerprint density at radius 2 is 1.39 bits per heavy atom. The van der Waals surface area contributed by atoms with E-state index in [1.807, 2.05) is 0 Å². The van der Waals surface area contributed by atoms with Crippen molar-refractivity contribution < 1.29 is 45.3 Å². The van der Waals surface area contributed by atoms with Gasteiger partial charge in [-0.1, -0.05) is 0 Å². The molecule has 41 heavy (non-hydrogen) atoms. The smallest absolute Gasteiger partial charge is 0.417 e. The number of carbonyl (C=O) groups excluding carboxylic acids is 1. The monoisotopic (exact) mass is 581 g/mol. The number of carbonyl (C=O) groups is 1. The summed E-state index contributed by atoms with van der Waals surface area (Å²) in [7, 11) is 0. The van der Waals surface area contributed by atoms with Gasteiger partial charge in [-0.2, -0.15) is 31.4 Å². The van der Waals surface area contributed by atoms with Crippen LogP contribution in [0.25, 0.3) is 0 Å². The molecule has 3 heterocycles. The summed E-state index contributed by atoms with van der Waals surface area (Å²) in [5, 5.41) is 3.98. The molecule has 0 aliphatic heterocycles. The van der Waals surface area contributed by atoms with Crippen LogP contribution in [0, 0.1) is 5.41 Å². The lowest BCUT2D eigenvalue weighted by Crippen LogP contribution is -2.40. The van der Waals surface area contributed by atoms with Crippen LogP contribution in [0.5, 0.6) is 23.3 Å². The lowest BCUT2D eigenvalue weighted by Gasteiger charge is -2.28. The maximum Gasteiger partial charge on any atom is 0.417 e. The van der Waals surface area contributed by atoms with Crippen LogP contribution in [0.2, 0.25) is 0 Å². The van der Waals surface area contributed by atoms with Gasteiger partial charge in [0.15, 0.2) is 0 Å². The van der Waals surface area contributed by atoms with E-state index in [0.29, 0.717) is 12.4 Å². The van der Waals surface area contributed by atoms with Crippen molar-refractivity contribution in [1.29, 1.82) is 0 Å². The molecule has 0 bridgehead atoms. The third-order valence-corrected chi connectivity index (χ3v) is 5.57. The molecule has 4 aromatic rings. The van der Waals surface area contributed by atoms with Crippen molar-refractivity contribution in [3.63, 3.8) is 0 Å². The summed E-state index contributed by atoms with van der Waals surface area (Å²) < 4.78 is 94.5. The van der Waals surface area contributed by atoms with Crippen molar-refractivity contribution in [3.05, 3.63) is 84.7 Å². The van der Waals surface area contributed by atoms with Gasteiger partial charge in [-0.05, 0) is 50.2 Å². The highest BCUT2D eigenvalue weighted by molar-refractivity contribution is 5.87. The Morgan fingerprint density at radius 1 is 0.829 bits per heavy atom. The van der Waals surface area contributed by atoms with Crippen LogP contribution in [-0.4, -0.2) is 37.1 Å². The van der Waals surface area contributed by atoms with Crippen molar-refractivity contribution in [2.75, 3.05) is 6.61 Å². The highest BCUT2D eigenvalue weighted by Gasteiger charge is 2.38. The van der Waals surface area contributed by atoms with Gasteiger partial charge in [0.05, 0.1) is 16.5 Å². The van der Waals surface area contributed by atoms with E-state index in [4.69, 9.17) is 14.2 Å². The number of ether oxygens (including phenoxy) is 3. The summed E-state index contributed by atoms with van der Waals surface area (Å²) >= 11 is 0. The number of aromatic nitrogens is 5. The molecule has 0 radical (unpaired) electrons. The number of halogens is 6. The van der Waals surface area contributed by atoms with E-state index >= 15 is 0 Å². The van der Waals surface area contributed by atoms with Gasteiger partial charge in [0, 0.05) is 24.5 Å². The summed E-state index contributed by atoms with van der Waals surface area (Å²) in [6.07, 6.45) is -6.63. The number of hydrogen-bond acceptors (Lipinski definition) is 8. The number of Topliss-reactive ketones (excluding diaryl/α,β-unsaturated/α-hetero) is 1. The van der Waals surface area contributed by atoms with Gasteiger partial charge in [0.1, 0.15) is 30.8 Å². The quantitative estimate of drug-likeness (QED) is 0.206. The van der Waals surface area contributed by atoms with Gasteiger partial charge in [-0.15, -0.1) is 0 Å². The molecule has 1 aromatic carbocycles. The van der Waals surface area contributed by atoms with Crippen molar-refractivity contribution in [2.45, 2.75) is 32.4 Å². The van der Waals surface area contributed by atoms with Crippen LogP contribution in [0.4, 0.5) is 26.3 Å². The van der Waals surface area contributed by atoms with E-state index in [2.05, 4.69) is 20.1 Å². The topological polar surface area (TPSA) is 101 Å². The molecule has 0 saturated heterocycles. The Kier molecular flexibility index (Phi) is 8.17. The maximum absolute atomic E-state index is 13.5. The fraction of sp³-hybridized carbons (Fsp3) is 0.269. The Morgan fingerprint density at radius 3 is 1.88 bits per heavy atom. The van der Waals surface area contributed by atoms with Crippen LogP contribution in [0.1, 0.15) is 31.2 Å². The Bertz CT molecular complexity index is 1440. The lowest BCUT2D eigenvalue weighted by atomic mass is 9.88. The molecule has 4 rings (SSSR count). The number of rotatable bonds is 10. The van der Waals surface area contributed by atoms with E-state index in [1.165, 1.54) is 41.6 Å². The lowest BCUT2D eigenvalue weighted by molar-refractivity contribution is -0.141. The van der Waals surface area contributed by atoms with Gasteiger partial charge in [0.25, 0.3) is 6.23 Å². The molecule has 3 aromatic heterocycles. The minimum atomic E-state index is -4.55. The zero-order valence-electron chi connectivity index (χ0n) is 21.3. The van der Waals surface area contributed by atoms with Gasteiger partial charge in [-0.25, -0.2) is 19.6 Å². The number of alkyl halides is 6. The Balaban J connectivity index is 1.43. The van der Waals surface area contributed by atoms with Gasteiger partial charge in [0.2, 0.25) is 17.5 Å². The average molecular weight is 581 g/mol. The fourth-order valence-electron chi connectivity index (χ4n) is 3.30. The second kappa shape index (κ2) is 11.4. The van der Waals surface area contributed by atoms with Crippen LogP contribution in [-0.2, 0) is 17.1 Å². The molecule has 0 aliphatic rings. The minimum absolute atomic E-state index is 0.0633. The largest absolute Gasteiger partial charge is 0.477 e. The predicted octanol–water partition coefficient (Wildman–Crippen LogP) is 6.15. The zero-order chi connectivity index (χ0) is 29.8. The van der Waals surface area contributed by atoms with Crippen LogP contribution >= 0.6 is 0 Å². The van der Waals surface area contributed by atoms with Crippen LogP contribution in [0.15, 0.2) is 73.6 Å². The van der Waals surface area contributed by atoms with Gasteiger partial charge < -0.3 is 14.2 Å².